The van der Waals surface area contributed by atoms with Crippen molar-refractivity contribution in [3.8, 4) is 11.5 Å². The second-order valence-electron chi connectivity index (χ2n) is 10.0. The van der Waals surface area contributed by atoms with Crippen molar-refractivity contribution in [1.82, 2.24) is 5.01 Å². The van der Waals surface area contributed by atoms with Crippen LogP contribution in [0, 0.1) is 6.92 Å². The summed E-state index contributed by atoms with van der Waals surface area (Å²) in [5.41, 5.74) is 6.92. The van der Waals surface area contributed by atoms with E-state index in [4.69, 9.17) is 14.6 Å². The van der Waals surface area contributed by atoms with Crippen molar-refractivity contribution in [2.24, 2.45) is 5.10 Å². The van der Waals surface area contributed by atoms with Gasteiger partial charge in [0.2, 0.25) is 6.23 Å². The first-order valence-corrected chi connectivity index (χ1v) is 13.1. The molecule has 7 rings (SSSR count). The van der Waals surface area contributed by atoms with Crippen molar-refractivity contribution in [2.45, 2.75) is 32.2 Å². The molecule has 2 aliphatic rings. The van der Waals surface area contributed by atoms with Gasteiger partial charge in [-0.2, -0.15) is 5.10 Å². The fourth-order valence-electron chi connectivity index (χ4n) is 5.48. The predicted molar refractivity (Wildman–Crippen MR) is 151 cm³/mol. The Kier molecular flexibility index (Phi) is 5.58. The van der Waals surface area contributed by atoms with Crippen molar-refractivity contribution in [3.05, 3.63) is 143 Å². The molecule has 2 heterocycles. The Labute approximate surface area is 222 Å². The predicted octanol–water partition coefficient (Wildman–Crippen LogP) is 7.97. The summed E-state index contributed by atoms with van der Waals surface area (Å²) in [5, 5.41) is 9.67. The highest BCUT2D eigenvalue weighted by atomic mass is 16.5. The third-order valence-corrected chi connectivity index (χ3v) is 7.52. The molecule has 4 heteroatoms. The number of nitrogens with zero attached hydrogens (tertiary/aromatic N) is 2. The molecule has 0 unspecified atom stereocenters. The molecule has 0 N–H and O–H groups in total. The van der Waals surface area contributed by atoms with Gasteiger partial charge in [0, 0.05) is 17.5 Å². The number of aryl methyl sites for hydroxylation is 1. The second-order valence-corrected chi connectivity index (χ2v) is 10.0. The quantitative estimate of drug-likeness (QED) is 0.247. The van der Waals surface area contributed by atoms with E-state index in [9.17, 15) is 0 Å². The Morgan fingerprint density at radius 1 is 0.816 bits per heavy atom. The Hall–Kier alpha value is -4.57. The van der Waals surface area contributed by atoms with Gasteiger partial charge in [-0.05, 0) is 59.2 Å². The molecule has 186 valence electrons. The summed E-state index contributed by atoms with van der Waals surface area (Å²) in [4.78, 5) is 0. The van der Waals surface area contributed by atoms with Gasteiger partial charge >= 0.3 is 0 Å². The normalized spacial score (nSPS) is 17.9. The topological polar surface area (TPSA) is 34.1 Å². The molecule has 38 heavy (non-hydrogen) atoms. The first-order valence-electron chi connectivity index (χ1n) is 13.1. The molecular weight excluding hydrogens is 468 g/mol. The van der Waals surface area contributed by atoms with Gasteiger partial charge in [-0.3, -0.25) is 0 Å². The lowest BCUT2D eigenvalue weighted by atomic mass is 9.95. The minimum atomic E-state index is -0.301. The Balaban J connectivity index is 1.15. The molecule has 5 aromatic carbocycles. The lowest BCUT2D eigenvalue weighted by Gasteiger charge is -2.38. The van der Waals surface area contributed by atoms with Crippen LogP contribution >= 0.6 is 0 Å². The molecular formula is C34H28N2O2. The van der Waals surface area contributed by atoms with Crippen LogP contribution in [-0.2, 0) is 6.61 Å². The molecule has 0 saturated carbocycles. The maximum atomic E-state index is 6.53. The van der Waals surface area contributed by atoms with Crippen LogP contribution in [0.1, 0.15) is 46.5 Å². The number of hydrogen-bond acceptors (Lipinski definition) is 4. The maximum absolute atomic E-state index is 6.53. The zero-order chi connectivity index (χ0) is 25.5. The maximum Gasteiger partial charge on any atom is 0.213 e. The van der Waals surface area contributed by atoms with E-state index < -0.39 is 0 Å². The third-order valence-electron chi connectivity index (χ3n) is 7.52. The summed E-state index contributed by atoms with van der Waals surface area (Å²) in [7, 11) is 0. The molecule has 0 aromatic heterocycles. The zero-order valence-electron chi connectivity index (χ0n) is 21.2. The molecule has 2 aliphatic heterocycles. The first kappa shape index (κ1) is 22.6. The van der Waals surface area contributed by atoms with Gasteiger partial charge in [0.15, 0.2) is 0 Å². The lowest BCUT2D eigenvalue weighted by molar-refractivity contribution is -0.0190. The summed E-state index contributed by atoms with van der Waals surface area (Å²) in [5.74, 6) is 1.76. The Morgan fingerprint density at radius 3 is 2.45 bits per heavy atom. The molecule has 2 atom stereocenters. The molecule has 0 fully saturated rings. The molecule has 4 nitrogen and oxygen atoms in total. The van der Waals surface area contributed by atoms with E-state index in [0.717, 1.165) is 29.2 Å². The van der Waals surface area contributed by atoms with Crippen molar-refractivity contribution in [2.75, 3.05) is 0 Å². The average molecular weight is 497 g/mol. The number of para-hydroxylation sites is 1. The molecule has 5 aromatic rings. The van der Waals surface area contributed by atoms with E-state index in [2.05, 4.69) is 109 Å². The highest BCUT2D eigenvalue weighted by molar-refractivity contribution is 6.02. The van der Waals surface area contributed by atoms with Gasteiger partial charge in [-0.25, -0.2) is 5.01 Å². The van der Waals surface area contributed by atoms with Crippen LogP contribution in [0.3, 0.4) is 0 Å². The molecule has 0 radical (unpaired) electrons. The van der Waals surface area contributed by atoms with Gasteiger partial charge < -0.3 is 9.47 Å². The average Bonchev–Trinajstić information content (AvgIpc) is 3.42. The van der Waals surface area contributed by atoms with Crippen LogP contribution in [0.4, 0.5) is 0 Å². The van der Waals surface area contributed by atoms with Crippen LogP contribution < -0.4 is 9.47 Å². The van der Waals surface area contributed by atoms with Crippen LogP contribution in [0.25, 0.3) is 10.8 Å². The van der Waals surface area contributed by atoms with Crippen molar-refractivity contribution in [3.63, 3.8) is 0 Å². The van der Waals surface area contributed by atoms with Crippen LogP contribution in [0.15, 0.2) is 120 Å². The molecule has 0 bridgehead atoms. The van der Waals surface area contributed by atoms with Crippen LogP contribution in [0.2, 0.25) is 0 Å². The van der Waals surface area contributed by atoms with Gasteiger partial charge in [-0.15, -0.1) is 0 Å². The summed E-state index contributed by atoms with van der Waals surface area (Å²) in [6.07, 6.45) is 0.552. The van der Waals surface area contributed by atoms with E-state index in [1.54, 1.807) is 0 Å². The summed E-state index contributed by atoms with van der Waals surface area (Å²) in [6, 6.07) is 40.1. The SMILES string of the molecule is Cc1ccc(C2=NN3[C@H](C2)c2ccccc2O[C@H]3c2ccc(OCc3cccc4ccccc34)cc2)cc1. The summed E-state index contributed by atoms with van der Waals surface area (Å²) >= 11 is 0. The number of hydrazone groups is 1. The van der Waals surface area contributed by atoms with E-state index in [1.165, 1.54) is 33.0 Å². The molecule has 0 spiro atoms. The number of rotatable bonds is 5. The Morgan fingerprint density at radius 2 is 1.58 bits per heavy atom. The van der Waals surface area contributed by atoms with Crippen LogP contribution in [0.5, 0.6) is 11.5 Å². The number of ether oxygens (including phenoxy) is 2. The van der Waals surface area contributed by atoms with Crippen LogP contribution in [-0.4, -0.2) is 10.7 Å². The largest absolute Gasteiger partial charge is 0.489 e. The van der Waals surface area contributed by atoms with Crippen molar-refractivity contribution in [1.29, 1.82) is 0 Å². The Bertz CT molecular complexity index is 1630. The third kappa shape index (κ3) is 4.08. The second kappa shape index (κ2) is 9.38. The fourth-order valence-corrected chi connectivity index (χ4v) is 5.48. The van der Waals surface area contributed by atoms with E-state index in [-0.39, 0.29) is 12.3 Å². The van der Waals surface area contributed by atoms with E-state index >= 15 is 0 Å². The van der Waals surface area contributed by atoms with Gasteiger partial charge in [0.05, 0.1) is 11.8 Å². The standard InChI is InChI=1S/C34H28N2O2/c1-23-13-15-25(16-14-23)31-21-32-30-11-4-5-12-33(30)38-34(36(32)35-31)26-17-19-28(20-18-26)37-22-27-9-6-8-24-7-2-3-10-29(24)27/h2-20,32,34H,21-22H2,1H3/t32-,34+/m1/s1. The zero-order valence-corrected chi connectivity index (χ0v) is 21.2. The molecule has 0 saturated heterocycles. The van der Waals surface area contributed by atoms with Gasteiger partial charge in [-0.1, -0.05) is 90.5 Å². The minimum absolute atomic E-state index is 0.142. The molecule has 0 amide bonds. The highest BCUT2D eigenvalue weighted by Gasteiger charge is 2.40. The first-order chi connectivity index (χ1) is 18.7. The number of hydrogen-bond donors (Lipinski definition) is 0. The number of benzene rings is 5. The highest BCUT2D eigenvalue weighted by Crippen LogP contribution is 2.47. The van der Waals surface area contributed by atoms with Gasteiger partial charge in [0.25, 0.3) is 0 Å². The summed E-state index contributed by atoms with van der Waals surface area (Å²) in [6.45, 7) is 2.63. The fraction of sp³-hybridized carbons (Fsp3) is 0.147. The lowest BCUT2D eigenvalue weighted by Crippen LogP contribution is -2.33. The number of fused-ring (bicyclic) bond motifs is 4. The van der Waals surface area contributed by atoms with Crippen molar-refractivity contribution >= 4 is 16.5 Å². The molecule has 0 aliphatic carbocycles. The summed E-state index contributed by atoms with van der Waals surface area (Å²) < 4.78 is 12.7. The van der Waals surface area contributed by atoms with Gasteiger partial charge in [0.1, 0.15) is 18.1 Å². The van der Waals surface area contributed by atoms with E-state index in [1.807, 2.05) is 18.2 Å². The smallest absolute Gasteiger partial charge is 0.213 e. The minimum Gasteiger partial charge on any atom is -0.489 e. The monoisotopic (exact) mass is 496 g/mol. The van der Waals surface area contributed by atoms with E-state index in [0.29, 0.717) is 6.61 Å². The van der Waals surface area contributed by atoms with Crippen molar-refractivity contribution < 1.29 is 9.47 Å².